The maximum atomic E-state index is 13.0. The number of nitrogens with zero attached hydrogens (tertiary/aromatic N) is 3. The van der Waals surface area contributed by atoms with Crippen molar-refractivity contribution in [2.75, 3.05) is 11.5 Å². The molecule has 0 saturated carbocycles. The number of aromatic nitrogens is 3. The molecule has 0 aliphatic carbocycles. The van der Waals surface area contributed by atoms with Gasteiger partial charge in [0.1, 0.15) is 5.69 Å². The van der Waals surface area contributed by atoms with Gasteiger partial charge in [-0.1, -0.05) is 6.07 Å². The highest BCUT2D eigenvalue weighted by atomic mass is 19.3. The Morgan fingerprint density at radius 2 is 1.89 bits per heavy atom. The predicted molar refractivity (Wildman–Crippen MR) is 60.3 cm³/mol. The molecular weight excluding hydrogens is 260 g/mol. The molecule has 1 aromatic heterocycles. The van der Waals surface area contributed by atoms with E-state index in [9.17, 15) is 8.78 Å². The molecule has 0 amide bonds. The second kappa shape index (κ2) is 3.64. The first-order valence-corrected chi connectivity index (χ1v) is 5.11. The van der Waals surface area contributed by atoms with Crippen LogP contribution in [0.15, 0.2) is 18.2 Å². The van der Waals surface area contributed by atoms with E-state index < -0.39 is 6.29 Å². The molecule has 9 heteroatoms. The van der Waals surface area contributed by atoms with Crippen molar-refractivity contribution >= 4 is 11.8 Å². The number of alkyl halides is 2. The molecular formula is C10H7F2N5O2. The van der Waals surface area contributed by atoms with Crippen molar-refractivity contribution in [3.63, 3.8) is 0 Å². The third-order valence-corrected chi connectivity index (χ3v) is 2.41. The second-order valence-electron chi connectivity index (χ2n) is 3.70. The van der Waals surface area contributed by atoms with Gasteiger partial charge in [0.2, 0.25) is 5.95 Å². The van der Waals surface area contributed by atoms with Crippen LogP contribution in [-0.2, 0) is 0 Å². The fourth-order valence-electron chi connectivity index (χ4n) is 1.70. The summed E-state index contributed by atoms with van der Waals surface area (Å²) >= 11 is 0. The van der Waals surface area contributed by atoms with Crippen LogP contribution in [0.5, 0.6) is 11.5 Å². The Balaban J connectivity index is 2.16. The Hall–Kier alpha value is -2.71. The zero-order valence-electron chi connectivity index (χ0n) is 9.30. The number of nitrogens with two attached hydrogens (primary N) is 2. The number of anilines is 2. The van der Waals surface area contributed by atoms with Gasteiger partial charge in [0, 0.05) is 0 Å². The maximum Gasteiger partial charge on any atom is 0.586 e. The third-order valence-electron chi connectivity index (χ3n) is 2.41. The lowest BCUT2D eigenvalue weighted by Crippen LogP contribution is -2.26. The summed E-state index contributed by atoms with van der Waals surface area (Å²) in [7, 11) is 0. The number of rotatable bonds is 1. The van der Waals surface area contributed by atoms with Crippen molar-refractivity contribution in [1.82, 2.24) is 15.2 Å². The minimum absolute atomic E-state index is 0.0419. The van der Waals surface area contributed by atoms with Crippen LogP contribution >= 0.6 is 0 Å². The molecule has 1 aromatic carbocycles. The minimum Gasteiger partial charge on any atom is -0.395 e. The molecule has 0 bridgehead atoms. The van der Waals surface area contributed by atoms with E-state index in [1.54, 1.807) is 0 Å². The highest BCUT2D eigenvalue weighted by molar-refractivity contribution is 5.78. The van der Waals surface area contributed by atoms with E-state index in [0.29, 0.717) is 0 Å². The third kappa shape index (κ3) is 1.84. The molecule has 0 fully saturated rings. The van der Waals surface area contributed by atoms with Gasteiger partial charge in [-0.15, -0.1) is 19.0 Å². The molecule has 0 saturated heterocycles. The molecule has 0 unspecified atom stereocenters. The molecule has 0 radical (unpaired) electrons. The number of nitrogen functional groups attached to an aromatic ring is 2. The average Bonchev–Trinajstić information content (AvgIpc) is 2.63. The van der Waals surface area contributed by atoms with Gasteiger partial charge in [0.25, 0.3) is 0 Å². The van der Waals surface area contributed by atoms with Crippen molar-refractivity contribution in [3.8, 4) is 22.8 Å². The summed E-state index contributed by atoms with van der Waals surface area (Å²) in [5, 5.41) is 7.26. The van der Waals surface area contributed by atoms with Gasteiger partial charge in [0.05, 0.1) is 5.56 Å². The highest BCUT2D eigenvalue weighted by Crippen LogP contribution is 2.47. The van der Waals surface area contributed by atoms with Crippen LogP contribution in [-0.4, -0.2) is 21.5 Å². The van der Waals surface area contributed by atoms with Gasteiger partial charge in [-0.05, 0) is 12.1 Å². The van der Waals surface area contributed by atoms with Gasteiger partial charge in [-0.2, -0.15) is 4.98 Å². The van der Waals surface area contributed by atoms with E-state index >= 15 is 0 Å². The van der Waals surface area contributed by atoms with E-state index in [1.165, 1.54) is 18.2 Å². The Bertz CT molecular complexity index is 664. The first-order valence-electron chi connectivity index (χ1n) is 5.11. The summed E-state index contributed by atoms with van der Waals surface area (Å²) in [6.07, 6.45) is -3.72. The maximum absolute atomic E-state index is 13.0. The first-order chi connectivity index (χ1) is 8.96. The first kappa shape index (κ1) is 11.4. The fraction of sp³-hybridized carbons (Fsp3) is 0.100. The van der Waals surface area contributed by atoms with Crippen molar-refractivity contribution in [3.05, 3.63) is 18.2 Å². The normalized spacial score (nSPS) is 15.5. The molecule has 19 heavy (non-hydrogen) atoms. The number of hydrogen-bond donors (Lipinski definition) is 2. The molecule has 7 nitrogen and oxygen atoms in total. The Kier molecular flexibility index (Phi) is 2.18. The summed E-state index contributed by atoms with van der Waals surface area (Å²) in [4.78, 5) is 3.71. The Morgan fingerprint density at radius 1 is 1.11 bits per heavy atom. The van der Waals surface area contributed by atoms with Crippen molar-refractivity contribution in [1.29, 1.82) is 0 Å². The number of halogens is 2. The number of benzene rings is 1. The fourth-order valence-corrected chi connectivity index (χ4v) is 1.70. The van der Waals surface area contributed by atoms with Crippen LogP contribution in [0.3, 0.4) is 0 Å². The number of para-hydroxylation sites is 1. The SMILES string of the molecule is Nc1nnc(-c2cccc3c2OC(F)(F)O3)c(N)n1. The van der Waals surface area contributed by atoms with E-state index in [4.69, 9.17) is 11.5 Å². The zero-order chi connectivity index (χ0) is 13.6. The van der Waals surface area contributed by atoms with Gasteiger partial charge < -0.3 is 20.9 Å². The summed E-state index contributed by atoms with van der Waals surface area (Å²) in [5.74, 6) is -0.434. The van der Waals surface area contributed by atoms with Gasteiger partial charge in [0.15, 0.2) is 17.3 Å². The van der Waals surface area contributed by atoms with Gasteiger partial charge in [-0.25, -0.2) is 0 Å². The average molecular weight is 267 g/mol. The lowest BCUT2D eigenvalue weighted by Gasteiger charge is -2.07. The smallest absolute Gasteiger partial charge is 0.395 e. The van der Waals surface area contributed by atoms with E-state index in [-0.39, 0.29) is 34.5 Å². The van der Waals surface area contributed by atoms with E-state index in [0.717, 1.165) is 0 Å². The minimum atomic E-state index is -3.72. The van der Waals surface area contributed by atoms with Crippen molar-refractivity contribution in [2.45, 2.75) is 6.29 Å². The number of hydrogen-bond acceptors (Lipinski definition) is 7. The second-order valence-corrected chi connectivity index (χ2v) is 3.70. The van der Waals surface area contributed by atoms with Crippen LogP contribution in [0.25, 0.3) is 11.3 Å². The van der Waals surface area contributed by atoms with Crippen molar-refractivity contribution < 1.29 is 18.3 Å². The Labute approximate surface area is 105 Å². The molecule has 3 rings (SSSR count). The summed E-state index contributed by atoms with van der Waals surface area (Å²) in [6.45, 7) is 0. The van der Waals surface area contributed by atoms with Crippen molar-refractivity contribution in [2.24, 2.45) is 0 Å². The number of ether oxygens (including phenoxy) is 2. The Morgan fingerprint density at radius 3 is 2.63 bits per heavy atom. The van der Waals surface area contributed by atoms with Crippen LogP contribution < -0.4 is 20.9 Å². The monoisotopic (exact) mass is 267 g/mol. The quantitative estimate of drug-likeness (QED) is 0.793. The number of fused-ring (bicyclic) bond motifs is 1. The summed E-state index contributed by atoms with van der Waals surface area (Å²) < 4.78 is 34.9. The molecule has 1 aliphatic heterocycles. The molecule has 0 atom stereocenters. The van der Waals surface area contributed by atoms with E-state index in [2.05, 4.69) is 24.7 Å². The molecule has 2 aromatic rings. The largest absolute Gasteiger partial charge is 0.586 e. The lowest BCUT2D eigenvalue weighted by atomic mass is 10.1. The lowest BCUT2D eigenvalue weighted by molar-refractivity contribution is -0.286. The van der Waals surface area contributed by atoms with Crippen LogP contribution in [0.1, 0.15) is 0 Å². The van der Waals surface area contributed by atoms with Crippen LogP contribution in [0.4, 0.5) is 20.5 Å². The van der Waals surface area contributed by atoms with Crippen LogP contribution in [0, 0.1) is 0 Å². The molecule has 2 heterocycles. The zero-order valence-corrected chi connectivity index (χ0v) is 9.30. The predicted octanol–water partition coefficient (Wildman–Crippen LogP) is 1.02. The highest BCUT2D eigenvalue weighted by Gasteiger charge is 2.44. The summed E-state index contributed by atoms with van der Waals surface area (Å²) in [6, 6.07) is 4.33. The van der Waals surface area contributed by atoms with Gasteiger partial charge in [-0.3, -0.25) is 0 Å². The molecule has 98 valence electrons. The van der Waals surface area contributed by atoms with Gasteiger partial charge >= 0.3 is 6.29 Å². The molecule has 0 spiro atoms. The topological polar surface area (TPSA) is 109 Å². The standard InChI is InChI=1S/C10H7F2N5O2/c11-10(12)18-5-3-1-2-4(7(5)19-10)6-8(13)15-9(14)17-16-6/h1-3H,(H4,13,14,15,17). The van der Waals surface area contributed by atoms with Crippen LogP contribution in [0.2, 0.25) is 0 Å². The summed E-state index contributed by atoms with van der Waals surface area (Å²) in [5.41, 5.74) is 11.2. The van der Waals surface area contributed by atoms with E-state index in [1.807, 2.05) is 0 Å². The molecule has 4 N–H and O–H groups in total. The molecule has 1 aliphatic rings.